The van der Waals surface area contributed by atoms with Crippen molar-refractivity contribution in [2.24, 2.45) is 23.0 Å². The van der Waals surface area contributed by atoms with Gasteiger partial charge in [0.25, 0.3) is 0 Å². The van der Waals surface area contributed by atoms with Crippen LogP contribution in [0.2, 0.25) is 0 Å². The van der Waals surface area contributed by atoms with E-state index in [4.69, 9.17) is 5.73 Å². The fourth-order valence-electron chi connectivity index (χ4n) is 3.26. The first-order valence-corrected chi connectivity index (χ1v) is 7.41. The van der Waals surface area contributed by atoms with Gasteiger partial charge in [-0.15, -0.1) is 0 Å². The highest BCUT2D eigenvalue weighted by atomic mass is 15.1. The minimum atomic E-state index is 0.347. The lowest BCUT2D eigenvalue weighted by Crippen LogP contribution is -2.50. The van der Waals surface area contributed by atoms with Crippen LogP contribution in [-0.4, -0.2) is 30.6 Å². The summed E-state index contributed by atoms with van der Waals surface area (Å²) in [7, 11) is 0. The average molecular weight is 252 g/mol. The second-order valence-electron chi connectivity index (χ2n) is 6.83. The molecule has 1 fully saturated rings. The van der Waals surface area contributed by atoms with E-state index in [2.05, 4.69) is 46.1 Å². The van der Waals surface area contributed by atoms with Gasteiger partial charge in [0.2, 0.25) is 0 Å². The molecular weight excluding hydrogens is 220 g/mol. The van der Waals surface area contributed by atoms with Gasteiger partial charge in [0.05, 0.1) is 0 Å². The molecule has 0 bridgehead atoms. The fraction of sp³-hybridized carbons (Fsp3) is 0.875. The number of hydrogen-bond acceptors (Lipinski definition) is 2. The van der Waals surface area contributed by atoms with Gasteiger partial charge in [0.15, 0.2) is 0 Å². The molecule has 1 aliphatic carbocycles. The van der Waals surface area contributed by atoms with Crippen molar-refractivity contribution in [3.8, 4) is 0 Å². The molecule has 0 radical (unpaired) electrons. The second kappa shape index (κ2) is 6.21. The Morgan fingerprint density at radius 1 is 1.39 bits per heavy atom. The minimum absolute atomic E-state index is 0.347. The monoisotopic (exact) mass is 252 g/mol. The van der Waals surface area contributed by atoms with E-state index in [0.717, 1.165) is 19.0 Å². The van der Waals surface area contributed by atoms with Gasteiger partial charge in [-0.2, -0.15) is 0 Å². The van der Waals surface area contributed by atoms with Crippen LogP contribution in [0.3, 0.4) is 0 Å². The van der Waals surface area contributed by atoms with Crippen LogP contribution in [0.5, 0.6) is 0 Å². The van der Waals surface area contributed by atoms with E-state index < -0.39 is 0 Å². The Morgan fingerprint density at radius 2 is 2.00 bits per heavy atom. The quantitative estimate of drug-likeness (QED) is 0.761. The summed E-state index contributed by atoms with van der Waals surface area (Å²) in [5, 5.41) is 0. The largest absolute Gasteiger partial charge is 0.327 e. The molecule has 18 heavy (non-hydrogen) atoms. The van der Waals surface area contributed by atoms with E-state index in [9.17, 15) is 0 Å². The van der Waals surface area contributed by atoms with Gasteiger partial charge in [-0.25, -0.2) is 0 Å². The van der Waals surface area contributed by atoms with Crippen molar-refractivity contribution in [1.29, 1.82) is 0 Å². The zero-order chi connectivity index (χ0) is 13.9. The third kappa shape index (κ3) is 3.58. The molecule has 2 heteroatoms. The molecule has 0 saturated heterocycles. The molecule has 3 atom stereocenters. The van der Waals surface area contributed by atoms with Crippen LogP contribution in [0, 0.1) is 17.3 Å². The number of nitrogens with two attached hydrogens (primary N) is 1. The first-order valence-electron chi connectivity index (χ1n) is 7.41. The molecule has 0 aromatic rings. The summed E-state index contributed by atoms with van der Waals surface area (Å²) >= 11 is 0. The van der Waals surface area contributed by atoms with Crippen LogP contribution in [-0.2, 0) is 0 Å². The number of rotatable bonds is 5. The average Bonchev–Trinajstić information content (AvgIpc) is 2.28. The molecule has 2 nitrogen and oxygen atoms in total. The molecule has 0 spiro atoms. The Labute approximate surface area is 114 Å². The van der Waals surface area contributed by atoms with Gasteiger partial charge in [0.1, 0.15) is 0 Å². The van der Waals surface area contributed by atoms with Crippen molar-refractivity contribution in [3.05, 3.63) is 12.2 Å². The van der Waals surface area contributed by atoms with Gasteiger partial charge in [-0.1, -0.05) is 39.8 Å². The highest BCUT2D eigenvalue weighted by Gasteiger charge is 2.41. The smallest absolute Gasteiger partial charge is 0.0187 e. The lowest BCUT2D eigenvalue weighted by Gasteiger charge is -2.48. The maximum absolute atomic E-state index is 6.23. The topological polar surface area (TPSA) is 29.3 Å². The molecule has 0 amide bonds. The lowest BCUT2D eigenvalue weighted by molar-refractivity contribution is 0.0315. The van der Waals surface area contributed by atoms with Crippen LogP contribution in [0.1, 0.15) is 47.5 Å². The van der Waals surface area contributed by atoms with Crippen molar-refractivity contribution in [2.75, 3.05) is 19.6 Å². The van der Waals surface area contributed by atoms with Crippen molar-refractivity contribution in [2.45, 2.75) is 53.5 Å². The summed E-state index contributed by atoms with van der Waals surface area (Å²) in [5.74, 6) is 1.37. The fourth-order valence-corrected chi connectivity index (χ4v) is 3.26. The summed E-state index contributed by atoms with van der Waals surface area (Å²) in [4.78, 5) is 2.53. The first-order chi connectivity index (χ1) is 8.28. The predicted molar refractivity (Wildman–Crippen MR) is 80.6 cm³/mol. The van der Waals surface area contributed by atoms with E-state index in [1.807, 2.05) is 0 Å². The molecule has 0 aromatic carbocycles. The minimum Gasteiger partial charge on any atom is -0.327 e. The van der Waals surface area contributed by atoms with Crippen molar-refractivity contribution in [1.82, 2.24) is 4.90 Å². The summed E-state index contributed by atoms with van der Waals surface area (Å²) in [6.07, 6.45) is 2.45. The van der Waals surface area contributed by atoms with Gasteiger partial charge in [-0.3, -0.25) is 4.90 Å². The summed E-state index contributed by atoms with van der Waals surface area (Å²) in [6, 6.07) is 0.382. The highest BCUT2D eigenvalue weighted by molar-refractivity contribution is 4.96. The van der Waals surface area contributed by atoms with Crippen LogP contribution in [0.25, 0.3) is 0 Å². The number of hydrogen-bond donors (Lipinski definition) is 1. The molecule has 0 aromatic heterocycles. The van der Waals surface area contributed by atoms with Crippen molar-refractivity contribution in [3.63, 3.8) is 0 Å². The predicted octanol–water partition coefficient (Wildman–Crippen LogP) is 3.28. The Bertz CT molecular complexity index is 283. The van der Waals surface area contributed by atoms with Crippen LogP contribution in [0.4, 0.5) is 0 Å². The SMILES string of the molecule is C=C(C)CN(CC)CC1CCC(N)C(C)C1(C)C. The molecule has 3 unspecified atom stereocenters. The Kier molecular flexibility index (Phi) is 5.42. The van der Waals surface area contributed by atoms with Crippen molar-refractivity contribution < 1.29 is 0 Å². The van der Waals surface area contributed by atoms with E-state index in [-0.39, 0.29) is 0 Å². The van der Waals surface area contributed by atoms with E-state index in [1.54, 1.807) is 0 Å². The molecule has 2 N–H and O–H groups in total. The summed E-state index contributed by atoms with van der Waals surface area (Å²) < 4.78 is 0. The van der Waals surface area contributed by atoms with Gasteiger partial charge < -0.3 is 5.73 Å². The molecule has 0 heterocycles. The third-order valence-corrected chi connectivity index (χ3v) is 5.14. The summed E-state index contributed by atoms with van der Waals surface area (Å²) in [5.41, 5.74) is 7.84. The second-order valence-corrected chi connectivity index (χ2v) is 6.83. The zero-order valence-electron chi connectivity index (χ0n) is 13.0. The maximum Gasteiger partial charge on any atom is 0.0187 e. The third-order valence-electron chi connectivity index (χ3n) is 5.14. The van der Waals surface area contributed by atoms with E-state index in [0.29, 0.717) is 17.4 Å². The molecule has 0 aliphatic heterocycles. The Balaban J connectivity index is 2.67. The Hall–Kier alpha value is -0.340. The highest BCUT2D eigenvalue weighted by Crippen LogP contribution is 2.44. The van der Waals surface area contributed by atoms with Gasteiger partial charge in [0, 0.05) is 19.1 Å². The number of nitrogens with zero attached hydrogens (tertiary/aromatic N) is 1. The standard InChI is InChI=1S/C16H32N2/c1-7-18(10-12(2)3)11-14-8-9-15(17)13(4)16(14,5)6/h13-15H,2,7-11,17H2,1,3-6H3. The summed E-state index contributed by atoms with van der Waals surface area (Å²) in [6.45, 7) is 18.9. The number of likely N-dealkylation sites (N-methyl/N-ethyl adjacent to an activating group) is 1. The molecular formula is C16H32N2. The Morgan fingerprint density at radius 3 is 2.50 bits per heavy atom. The van der Waals surface area contributed by atoms with E-state index in [1.165, 1.54) is 25.0 Å². The maximum atomic E-state index is 6.23. The van der Waals surface area contributed by atoms with Crippen LogP contribution < -0.4 is 5.73 Å². The molecule has 106 valence electrons. The van der Waals surface area contributed by atoms with Crippen LogP contribution in [0.15, 0.2) is 12.2 Å². The zero-order valence-corrected chi connectivity index (χ0v) is 13.0. The molecule has 1 rings (SSSR count). The van der Waals surface area contributed by atoms with Crippen molar-refractivity contribution >= 4 is 0 Å². The van der Waals surface area contributed by atoms with E-state index >= 15 is 0 Å². The first kappa shape index (κ1) is 15.7. The molecule has 1 aliphatic rings. The molecule has 1 saturated carbocycles. The normalized spacial score (nSPS) is 31.6. The van der Waals surface area contributed by atoms with Gasteiger partial charge in [-0.05, 0) is 43.6 Å². The van der Waals surface area contributed by atoms with Gasteiger partial charge >= 0.3 is 0 Å². The van der Waals surface area contributed by atoms with Crippen LogP contribution >= 0.6 is 0 Å². The lowest BCUT2D eigenvalue weighted by atomic mass is 9.61.